The van der Waals surface area contributed by atoms with Gasteiger partial charge < -0.3 is 15.8 Å². The van der Waals surface area contributed by atoms with Crippen LogP contribution in [0.3, 0.4) is 0 Å². The molecular formula is C29H35ClN6O3S. The lowest BCUT2D eigenvalue weighted by atomic mass is 9.92. The molecule has 0 atom stereocenters. The predicted molar refractivity (Wildman–Crippen MR) is 162 cm³/mol. The third kappa shape index (κ3) is 6.80. The van der Waals surface area contributed by atoms with Crippen molar-refractivity contribution in [3.8, 4) is 0 Å². The number of aliphatic imine (C=N–C) groups is 1. The van der Waals surface area contributed by atoms with E-state index in [1.54, 1.807) is 12.1 Å². The maximum atomic E-state index is 12.9. The van der Waals surface area contributed by atoms with Gasteiger partial charge in [-0.2, -0.15) is 0 Å². The van der Waals surface area contributed by atoms with Crippen molar-refractivity contribution in [3.63, 3.8) is 0 Å². The van der Waals surface area contributed by atoms with E-state index in [1.165, 1.54) is 25.3 Å². The van der Waals surface area contributed by atoms with E-state index in [4.69, 9.17) is 27.1 Å². The summed E-state index contributed by atoms with van der Waals surface area (Å²) in [5, 5.41) is 4.47. The van der Waals surface area contributed by atoms with E-state index < -0.39 is 10.0 Å². The Morgan fingerprint density at radius 1 is 1.25 bits per heavy atom. The van der Waals surface area contributed by atoms with Gasteiger partial charge in [0, 0.05) is 29.7 Å². The van der Waals surface area contributed by atoms with Crippen LogP contribution < -0.4 is 15.8 Å². The normalized spacial score (nSPS) is 18.7. The maximum absolute atomic E-state index is 12.9. The lowest BCUT2D eigenvalue weighted by Crippen LogP contribution is -2.33. The van der Waals surface area contributed by atoms with Crippen molar-refractivity contribution in [2.75, 3.05) is 12.4 Å². The Balaban J connectivity index is 1.65. The first-order valence-electron chi connectivity index (χ1n) is 13.2. The number of aromatic nitrogens is 2. The van der Waals surface area contributed by atoms with Gasteiger partial charge in [-0.25, -0.2) is 23.4 Å². The SMILES string of the molecule is C=N/C(=C\C(OC)=C(/C)c1cc(CC)c2nc(N[C@H]3CC[C@H](N)CC3)ncc2c1)NS(=O)(=O)c1ccccc1Cl. The molecule has 0 amide bonds. The fraction of sp³-hybridized carbons (Fsp3) is 0.345. The first kappa shape index (κ1) is 29.5. The summed E-state index contributed by atoms with van der Waals surface area (Å²) in [7, 11) is -2.48. The molecule has 0 spiro atoms. The smallest absolute Gasteiger partial charge is 0.264 e. The molecule has 212 valence electrons. The first-order valence-corrected chi connectivity index (χ1v) is 15.0. The quantitative estimate of drug-likeness (QED) is 0.165. The van der Waals surface area contributed by atoms with Gasteiger partial charge in [-0.15, -0.1) is 0 Å². The minimum Gasteiger partial charge on any atom is -0.496 e. The van der Waals surface area contributed by atoms with Crippen LogP contribution in [-0.2, 0) is 21.2 Å². The van der Waals surface area contributed by atoms with Crippen LogP contribution in [0.25, 0.3) is 16.5 Å². The van der Waals surface area contributed by atoms with Crippen molar-refractivity contribution in [3.05, 3.63) is 76.4 Å². The van der Waals surface area contributed by atoms with E-state index in [9.17, 15) is 8.42 Å². The van der Waals surface area contributed by atoms with E-state index in [1.807, 2.05) is 19.2 Å². The summed E-state index contributed by atoms with van der Waals surface area (Å²) in [6.45, 7) is 7.49. The van der Waals surface area contributed by atoms with Crippen molar-refractivity contribution in [2.45, 2.75) is 62.9 Å². The number of nitrogens with two attached hydrogens (primary N) is 1. The first-order chi connectivity index (χ1) is 19.1. The van der Waals surface area contributed by atoms with Gasteiger partial charge in [-0.1, -0.05) is 30.7 Å². The number of fused-ring (bicyclic) bond motifs is 1. The van der Waals surface area contributed by atoms with E-state index in [0.717, 1.165) is 59.7 Å². The van der Waals surface area contributed by atoms with Gasteiger partial charge in [-0.3, -0.25) is 4.72 Å². The Kier molecular flexibility index (Phi) is 9.44. The number of nitrogens with zero attached hydrogens (tertiary/aromatic N) is 3. The Morgan fingerprint density at radius 3 is 2.62 bits per heavy atom. The van der Waals surface area contributed by atoms with Gasteiger partial charge >= 0.3 is 0 Å². The molecule has 4 N–H and O–H groups in total. The van der Waals surface area contributed by atoms with E-state index >= 15 is 0 Å². The standard InChI is InChI=1S/C29H35ClN6O3S/c1-5-19-14-20(15-21-17-33-29(35-28(19)21)34-23-12-10-22(31)11-13-23)18(2)25(39-4)16-27(32-3)36-40(37,38)26-9-7-6-8-24(26)30/h6-9,14-17,22-23,36H,3,5,10-13,31H2,1-2,4H3,(H,33,34,35)/b25-18-,27-16+/t22-,23-. The number of nitrogens with one attached hydrogen (secondary N) is 2. The lowest BCUT2D eigenvalue weighted by Gasteiger charge is -2.26. The number of ether oxygens (including phenoxy) is 1. The Bertz CT molecular complexity index is 1560. The number of aryl methyl sites for hydroxylation is 1. The third-order valence-electron chi connectivity index (χ3n) is 7.07. The van der Waals surface area contributed by atoms with Gasteiger partial charge in [0.15, 0.2) is 0 Å². The van der Waals surface area contributed by atoms with Crippen LogP contribution in [-0.4, -0.2) is 44.3 Å². The highest BCUT2D eigenvalue weighted by atomic mass is 35.5. The van der Waals surface area contributed by atoms with Crippen LogP contribution in [0.2, 0.25) is 5.02 Å². The summed E-state index contributed by atoms with van der Waals surface area (Å²) in [5.41, 5.74) is 9.66. The van der Waals surface area contributed by atoms with Crippen LogP contribution in [0.1, 0.15) is 50.7 Å². The molecule has 1 heterocycles. The molecule has 0 bridgehead atoms. The molecule has 9 nitrogen and oxygen atoms in total. The molecule has 1 aromatic heterocycles. The molecule has 40 heavy (non-hydrogen) atoms. The molecule has 0 radical (unpaired) electrons. The van der Waals surface area contributed by atoms with Gasteiger partial charge in [-0.05, 0) is 86.7 Å². The number of benzene rings is 2. The number of hydrogen-bond acceptors (Lipinski definition) is 8. The number of hydrogen-bond donors (Lipinski definition) is 3. The number of methoxy groups -OCH3 is 1. The van der Waals surface area contributed by atoms with Gasteiger partial charge in [0.25, 0.3) is 10.0 Å². The molecule has 0 aliphatic heterocycles. The van der Waals surface area contributed by atoms with Gasteiger partial charge in [0.05, 0.1) is 17.6 Å². The summed E-state index contributed by atoms with van der Waals surface area (Å²) < 4.78 is 33.9. The molecule has 3 aromatic rings. The highest BCUT2D eigenvalue weighted by molar-refractivity contribution is 7.89. The Labute approximate surface area is 240 Å². The van der Waals surface area contributed by atoms with Crippen molar-refractivity contribution in [2.24, 2.45) is 10.7 Å². The third-order valence-corrected chi connectivity index (χ3v) is 8.93. The van der Waals surface area contributed by atoms with E-state index in [2.05, 4.69) is 39.7 Å². The highest BCUT2D eigenvalue weighted by Gasteiger charge is 2.21. The molecule has 0 unspecified atom stereocenters. The number of allylic oxidation sites excluding steroid dienone is 2. The van der Waals surface area contributed by atoms with Crippen molar-refractivity contribution in [1.29, 1.82) is 0 Å². The number of halogens is 1. The van der Waals surface area contributed by atoms with E-state index in [0.29, 0.717) is 17.7 Å². The second-order valence-corrected chi connectivity index (χ2v) is 11.9. The summed E-state index contributed by atoms with van der Waals surface area (Å²) in [4.78, 5) is 13.2. The maximum Gasteiger partial charge on any atom is 0.264 e. The number of anilines is 1. The average Bonchev–Trinajstić information content (AvgIpc) is 2.95. The van der Waals surface area contributed by atoms with Crippen molar-refractivity contribution < 1.29 is 13.2 Å². The monoisotopic (exact) mass is 582 g/mol. The molecule has 2 aromatic carbocycles. The molecule has 1 fully saturated rings. The van der Waals surface area contributed by atoms with Crippen LogP contribution in [0.4, 0.5) is 5.95 Å². The molecule has 1 aliphatic carbocycles. The molecule has 1 aliphatic rings. The van der Waals surface area contributed by atoms with Gasteiger partial charge in [0.2, 0.25) is 5.95 Å². The highest BCUT2D eigenvalue weighted by Crippen LogP contribution is 2.29. The second-order valence-electron chi connectivity index (χ2n) is 9.79. The number of rotatable bonds is 10. The molecule has 4 rings (SSSR count). The summed E-state index contributed by atoms with van der Waals surface area (Å²) in [6.07, 6.45) is 8.10. The number of sulfonamides is 1. The zero-order valence-electron chi connectivity index (χ0n) is 22.9. The molecule has 0 saturated heterocycles. The summed E-state index contributed by atoms with van der Waals surface area (Å²) >= 11 is 6.10. The van der Waals surface area contributed by atoms with Crippen LogP contribution in [0.15, 0.2) is 70.1 Å². The lowest BCUT2D eigenvalue weighted by molar-refractivity contribution is 0.308. The van der Waals surface area contributed by atoms with Gasteiger partial charge in [0.1, 0.15) is 16.5 Å². The minimum absolute atomic E-state index is 0.00431. The summed E-state index contributed by atoms with van der Waals surface area (Å²) in [6, 6.07) is 10.8. The fourth-order valence-electron chi connectivity index (χ4n) is 4.77. The second kappa shape index (κ2) is 12.8. The molecule has 11 heteroatoms. The predicted octanol–water partition coefficient (Wildman–Crippen LogP) is 5.43. The average molecular weight is 583 g/mol. The zero-order chi connectivity index (χ0) is 28.9. The van der Waals surface area contributed by atoms with Crippen LogP contribution in [0.5, 0.6) is 0 Å². The Morgan fingerprint density at radius 2 is 1.98 bits per heavy atom. The van der Waals surface area contributed by atoms with E-state index in [-0.39, 0.29) is 21.8 Å². The van der Waals surface area contributed by atoms with Crippen LogP contribution >= 0.6 is 11.6 Å². The van der Waals surface area contributed by atoms with Crippen molar-refractivity contribution >= 4 is 50.8 Å². The Hall–Kier alpha value is -3.47. The largest absolute Gasteiger partial charge is 0.496 e. The minimum atomic E-state index is -3.99. The fourth-order valence-corrected chi connectivity index (χ4v) is 6.30. The zero-order valence-corrected chi connectivity index (χ0v) is 24.5. The van der Waals surface area contributed by atoms with Crippen molar-refractivity contribution in [1.82, 2.24) is 14.7 Å². The van der Waals surface area contributed by atoms with Crippen LogP contribution in [0, 0.1) is 0 Å². The molecular weight excluding hydrogens is 548 g/mol. The molecule has 1 saturated carbocycles. The topological polar surface area (TPSA) is 132 Å². The summed E-state index contributed by atoms with van der Waals surface area (Å²) in [5.74, 6) is 1.03.